The van der Waals surface area contributed by atoms with Crippen LogP contribution in [0.25, 0.3) is 0 Å². The molecule has 0 spiro atoms. The number of rotatable bonds is 5. The van der Waals surface area contributed by atoms with Crippen LogP contribution in [0.3, 0.4) is 0 Å². The number of carbonyl (C=O) groups is 3. The predicted molar refractivity (Wildman–Crippen MR) is 90.9 cm³/mol. The summed E-state index contributed by atoms with van der Waals surface area (Å²) >= 11 is 0. The highest BCUT2D eigenvalue weighted by atomic mass is 16.5. The lowest BCUT2D eigenvalue weighted by Crippen LogP contribution is -2.54. The summed E-state index contributed by atoms with van der Waals surface area (Å²) in [6.45, 7) is -0.842. The quantitative estimate of drug-likeness (QED) is 0.126. The van der Waals surface area contributed by atoms with Gasteiger partial charge in [0, 0.05) is 24.8 Å². The van der Waals surface area contributed by atoms with Gasteiger partial charge in [-0.3, -0.25) is 14.9 Å². The van der Waals surface area contributed by atoms with Crippen LogP contribution in [-0.2, 0) is 14.3 Å². The lowest BCUT2D eigenvalue weighted by molar-refractivity contribution is -0.156. The Balaban J connectivity index is 2.06. The number of carbonyl (C=O) groups excluding carboxylic acids is 2. The second-order valence-corrected chi connectivity index (χ2v) is 5.90. The molecule has 2 aliphatic rings. The van der Waals surface area contributed by atoms with Crippen molar-refractivity contribution in [1.29, 1.82) is 0 Å². The Morgan fingerprint density at radius 3 is 2.79 bits per heavy atom. The first-order chi connectivity index (χ1) is 13.2. The minimum Gasteiger partial charge on any atom is -0.478 e. The van der Waals surface area contributed by atoms with Gasteiger partial charge in [0.25, 0.3) is 5.91 Å². The first-order valence-corrected chi connectivity index (χ1v) is 8.13. The van der Waals surface area contributed by atoms with Gasteiger partial charge in [-0.15, -0.1) is 0 Å². The number of aliphatic carboxylic acids is 1. The number of amides is 3. The molecule has 2 aliphatic heterocycles. The average molecular weight is 396 g/mol. The molecule has 12 nitrogen and oxygen atoms in total. The molecule has 152 valence electrons. The fourth-order valence-corrected chi connectivity index (χ4v) is 2.47. The molecule has 3 amide bonds. The van der Waals surface area contributed by atoms with Crippen molar-refractivity contribution in [2.24, 2.45) is 5.73 Å². The zero-order chi connectivity index (χ0) is 20.8. The lowest BCUT2D eigenvalue weighted by Gasteiger charge is -2.31. The highest BCUT2D eigenvalue weighted by Crippen LogP contribution is 2.25. The minimum atomic E-state index is -1.34. The summed E-state index contributed by atoms with van der Waals surface area (Å²) in [5.74, 6) is 2.76. The van der Waals surface area contributed by atoms with Crippen molar-refractivity contribution in [2.75, 3.05) is 13.2 Å². The Kier molecular flexibility index (Phi) is 7.10. The third kappa shape index (κ3) is 5.28. The number of ether oxygens (including phenoxy) is 1. The number of aliphatic hydroxyl groups excluding tert-OH is 2. The van der Waals surface area contributed by atoms with E-state index in [1.807, 2.05) is 0 Å². The monoisotopic (exact) mass is 396 g/mol. The minimum absolute atomic E-state index is 0.0833. The lowest BCUT2D eigenvalue weighted by atomic mass is 10.1. The molecule has 0 saturated carbocycles. The number of nitrogens with one attached hydrogen (secondary N) is 1. The molecular weight excluding hydrogens is 376 g/mol. The van der Waals surface area contributed by atoms with E-state index in [-0.39, 0.29) is 17.1 Å². The standard InChI is InChI=1S/C16H20N4O8/c17-15-9(2-1-5-20(27)12(23)3-4-14(24)25)7-19(16(26)18-15)13-6-10(22)11(8-21)28-13/h3-4,7,10-11,13,15,21-22,27H,5-6,8,17H2,(H,18,26)(H,24,25)/b4-3+/t10-,11?,13?,15?/m0/s1. The van der Waals surface area contributed by atoms with E-state index in [9.17, 15) is 24.7 Å². The first kappa shape index (κ1) is 21.4. The number of hydrogen-bond donors (Lipinski definition) is 6. The highest BCUT2D eigenvalue weighted by Gasteiger charge is 2.39. The van der Waals surface area contributed by atoms with E-state index in [0.29, 0.717) is 12.2 Å². The maximum absolute atomic E-state index is 12.1. The number of carboxylic acids is 1. The average Bonchev–Trinajstić information content (AvgIpc) is 3.01. The molecule has 0 aromatic rings. The molecule has 7 N–H and O–H groups in total. The molecule has 12 heteroatoms. The van der Waals surface area contributed by atoms with Gasteiger partial charge in [-0.2, -0.15) is 0 Å². The largest absolute Gasteiger partial charge is 0.478 e. The molecule has 1 fully saturated rings. The summed E-state index contributed by atoms with van der Waals surface area (Å²) < 4.78 is 5.42. The fraction of sp³-hybridized carbons (Fsp3) is 0.438. The smallest absolute Gasteiger partial charge is 0.328 e. The van der Waals surface area contributed by atoms with Crippen LogP contribution in [0.15, 0.2) is 23.9 Å². The molecule has 1 saturated heterocycles. The van der Waals surface area contributed by atoms with Crippen molar-refractivity contribution >= 4 is 17.9 Å². The van der Waals surface area contributed by atoms with Crippen LogP contribution in [0.2, 0.25) is 0 Å². The predicted octanol–water partition coefficient (Wildman–Crippen LogP) is -2.49. The van der Waals surface area contributed by atoms with Gasteiger partial charge in [0.2, 0.25) is 0 Å². The van der Waals surface area contributed by atoms with Crippen molar-refractivity contribution in [3.05, 3.63) is 23.9 Å². The summed E-state index contributed by atoms with van der Waals surface area (Å²) in [5.41, 5.74) is 6.03. The molecule has 28 heavy (non-hydrogen) atoms. The Hall–Kier alpha value is -2.95. The van der Waals surface area contributed by atoms with Gasteiger partial charge in [0.15, 0.2) is 0 Å². The van der Waals surface area contributed by atoms with Crippen LogP contribution in [0, 0.1) is 11.8 Å². The molecule has 0 aliphatic carbocycles. The number of nitrogens with zero attached hydrogens (tertiary/aromatic N) is 2. The van der Waals surface area contributed by atoms with E-state index in [2.05, 4.69) is 17.2 Å². The third-order valence-corrected chi connectivity index (χ3v) is 3.91. The Bertz CT molecular complexity index is 755. The van der Waals surface area contributed by atoms with Crippen LogP contribution in [0.4, 0.5) is 4.79 Å². The van der Waals surface area contributed by atoms with Gasteiger partial charge < -0.3 is 31.1 Å². The number of hydrogen-bond acceptors (Lipinski definition) is 8. The highest BCUT2D eigenvalue weighted by molar-refractivity contribution is 5.93. The van der Waals surface area contributed by atoms with E-state index in [0.717, 1.165) is 4.90 Å². The molecule has 3 unspecified atom stereocenters. The Morgan fingerprint density at radius 2 is 2.18 bits per heavy atom. The number of nitrogens with two attached hydrogens (primary N) is 1. The van der Waals surface area contributed by atoms with E-state index in [1.54, 1.807) is 0 Å². The Labute approximate surface area is 159 Å². The molecular formula is C16H20N4O8. The number of urea groups is 1. The van der Waals surface area contributed by atoms with Crippen molar-refractivity contribution in [3.8, 4) is 11.8 Å². The van der Waals surface area contributed by atoms with Gasteiger partial charge >= 0.3 is 12.0 Å². The first-order valence-electron chi connectivity index (χ1n) is 8.13. The molecule has 0 radical (unpaired) electrons. The normalized spacial score (nSPS) is 27.1. The molecule has 4 atom stereocenters. The topological polar surface area (TPSA) is 186 Å². The number of hydroxylamine groups is 2. The summed E-state index contributed by atoms with van der Waals surface area (Å²) in [4.78, 5) is 35.0. The summed E-state index contributed by atoms with van der Waals surface area (Å²) in [6, 6.07) is -0.577. The van der Waals surface area contributed by atoms with Gasteiger partial charge in [0.1, 0.15) is 25.0 Å². The van der Waals surface area contributed by atoms with Crippen LogP contribution >= 0.6 is 0 Å². The van der Waals surface area contributed by atoms with Crippen molar-refractivity contribution < 1.29 is 39.6 Å². The fourth-order valence-electron chi connectivity index (χ4n) is 2.47. The van der Waals surface area contributed by atoms with Crippen LogP contribution < -0.4 is 11.1 Å². The molecule has 0 bridgehead atoms. The maximum atomic E-state index is 12.1. The van der Waals surface area contributed by atoms with Gasteiger partial charge in [-0.1, -0.05) is 11.8 Å². The molecule has 0 aromatic carbocycles. The SMILES string of the molecule is NC1NC(=O)N(C2C[C@H](O)C(CO)O2)C=C1C#CCN(O)C(=O)/C=C/C(=O)O. The van der Waals surface area contributed by atoms with Crippen molar-refractivity contribution in [2.45, 2.75) is 31.0 Å². The van der Waals surface area contributed by atoms with Crippen LogP contribution in [0.5, 0.6) is 0 Å². The van der Waals surface area contributed by atoms with Gasteiger partial charge in [-0.05, 0) is 0 Å². The zero-order valence-electron chi connectivity index (χ0n) is 14.6. The van der Waals surface area contributed by atoms with Crippen molar-refractivity contribution in [1.82, 2.24) is 15.3 Å². The zero-order valence-corrected chi connectivity index (χ0v) is 14.6. The van der Waals surface area contributed by atoms with E-state index >= 15 is 0 Å². The maximum Gasteiger partial charge on any atom is 0.328 e. The summed E-state index contributed by atoms with van der Waals surface area (Å²) in [5, 5.41) is 39.5. The second kappa shape index (κ2) is 9.31. The van der Waals surface area contributed by atoms with Crippen LogP contribution in [0.1, 0.15) is 6.42 Å². The van der Waals surface area contributed by atoms with E-state index in [4.69, 9.17) is 20.7 Å². The van der Waals surface area contributed by atoms with Crippen molar-refractivity contribution in [3.63, 3.8) is 0 Å². The number of carboxylic acid groups (broad SMARTS) is 1. The molecule has 0 aromatic heterocycles. The van der Waals surface area contributed by atoms with Gasteiger partial charge in [0.05, 0.1) is 18.3 Å². The number of aliphatic hydroxyl groups is 2. The summed E-state index contributed by atoms with van der Waals surface area (Å²) in [7, 11) is 0. The second-order valence-electron chi connectivity index (χ2n) is 5.90. The molecule has 2 rings (SSSR count). The van der Waals surface area contributed by atoms with Crippen LogP contribution in [-0.4, -0.2) is 86.2 Å². The summed E-state index contributed by atoms with van der Waals surface area (Å²) in [6.07, 6.45) is -0.876. The van der Waals surface area contributed by atoms with E-state index < -0.39 is 55.7 Å². The third-order valence-electron chi connectivity index (χ3n) is 3.91. The molecule has 2 heterocycles. The van der Waals surface area contributed by atoms with Gasteiger partial charge in [-0.25, -0.2) is 14.7 Å². The Morgan fingerprint density at radius 1 is 1.46 bits per heavy atom. The van der Waals surface area contributed by atoms with E-state index in [1.165, 1.54) is 6.20 Å².